The van der Waals surface area contributed by atoms with E-state index in [2.05, 4.69) is 4.98 Å². The number of thiazole rings is 1. The first kappa shape index (κ1) is 23.8. The molecule has 2 aromatic carbocycles. The first-order valence-corrected chi connectivity index (χ1v) is 12.2. The molecule has 178 valence electrons. The molecule has 8 heteroatoms. The van der Waals surface area contributed by atoms with E-state index in [4.69, 9.17) is 14.2 Å². The third kappa shape index (κ3) is 6.14. The highest BCUT2D eigenvalue weighted by atomic mass is 32.1. The van der Waals surface area contributed by atoms with E-state index in [1.165, 1.54) is 11.3 Å². The molecule has 1 aliphatic rings. The number of amides is 1. The lowest BCUT2D eigenvalue weighted by molar-refractivity contribution is -0.152. The average molecular weight is 481 g/mol. The molecule has 0 saturated heterocycles. The number of hydrogen-bond acceptors (Lipinski definition) is 7. The van der Waals surface area contributed by atoms with Crippen LogP contribution in [0.4, 0.5) is 0 Å². The van der Waals surface area contributed by atoms with Gasteiger partial charge in [-0.1, -0.05) is 24.3 Å². The molecule has 1 fully saturated rings. The number of carbonyl (C=O) groups is 2. The second-order valence-electron chi connectivity index (χ2n) is 8.01. The SMILES string of the molecule is CCOc1ccccc1-c1nc(CC(=O)OCC(=O)N(Cc2ccc(OC)cc2)C2CC2)cs1. The molecule has 1 amide bonds. The Kier molecular flexibility index (Phi) is 7.80. The number of aromatic nitrogens is 1. The average Bonchev–Trinajstić information content (AvgIpc) is 3.60. The van der Waals surface area contributed by atoms with Crippen LogP contribution in [0.2, 0.25) is 0 Å². The Morgan fingerprint density at radius 2 is 1.88 bits per heavy atom. The number of benzene rings is 2. The molecule has 0 radical (unpaired) electrons. The normalized spacial score (nSPS) is 12.8. The smallest absolute Gasteiger partial charge is 0.312 e. The molecule has 0 spiro atoms. The molecule has 0 N–H and O–H groups in total. The Morgan fingerprint density at radius 3 is 2.59 bits per heavy atom. The largest absolute Gasteiger partial charge is 0.497 e. The molecule has 1 aliphatic carbocycles. The van der Waals surface area contributed by atoms with Crippen LogP contribution in [-0.4, -0.2) is 48.1 Å². The van der Waals surface area contributed by atoms with Gasteiger partial charge in [0.05, 0.1) is 31.4 Å². The van der Waals surface area contributed by atoms with Crippen molar-refractivity contribution in [2.24, 2.45) is 0 Å². The molecule has 0 unspecified atom stereocenters. The number of para-hydroxylation sites is 1. The number of methoxy groups -OCH3 is 1. The molecule has 0 atom stereocenters. The van der Waals surface area contributed by atoms with Gasteiger partial charge >= 0.3 is 5.97 Å². The number of ether oxygens (including phenoxy) is 3. The molecular weight excluding hydrogens is 452 g/mol. The summed E-state index contributed by atoms with van der Waals surface area (Å²) >= 11 is 1.45. The Balaban J connectivity index is 1.31. The maximum Gasteiger partial charge on any atom is 0.312 e. The maximum atomic E-state index is 12.8. The Labute approximate surface area is 203 Å². The fourth-order valence-electron chi connectivity index (χ4n) is 3.60. The van der Waals surface area contributed by atoms with Gasteiger partial charge in [0.15, 0.2) is 6.61 Å². The predicted octanol–water partition coefficient (Wildman–Crippen LogP) is 4.49. The zero-order valence-corrected chi connectivity index (χ0v) is 20.2. The lowest BCUT2D eigenvalue weighted by Crippen LogP contribution is -2.36. The number of esters is 1. The second kappa shape index (κ2) is 11.2. The van der Waals surface area contributed by atoms with Gasteiger partial charge in [0.1, 0.15) is 16.5 Å². The van der Waals surface area contributed by atoms with Crippen molar-refractivity contribution >= 4 is 23.2 Å². The molecule has 0 aliphatic heterocycles. The van der Waals surface area contributed by atoms with Crippen LogP contribution in [0.1, 0.15) is 31.0 Å². The summed E-state index contributed by atoms with van der Waals surface area (Å²) in [7, 11) is 1.62. The maximum absolute atomic E-state index is 12.8. The van der Waals surface area contributed by atoms with Gasteiger partial charge in [-0.3, -0.25) is 9.59 Å². The van der Waals surface area contributed by atoms with Gasteiger partial charge in [-0.25, -0.2) is 4.98 Å². The predicted molar refractivity (Wildman–Crippen MR) is 130 cm³/mol. The molecule has 1 saturated carbocycles. The van der Waals surface area contributed by atoms with Crippen LogP contribution < -0.4 is 9.47 Å². The van der Waals surface area contributed by atoms with Crippen molar-refractivity contribution in [2.75, 3.05) is 20.3 Å². The van der Waals surface area contributed by atoms with Gasteiger partial charge in [-0.05, 0) is 49.6 Å². The molecular formula is C26H28N2O5S. The van der Waals surface area contributed by atoms with Crippen LogP contribution in [-0.2, 0) is 27.3 Å². The second-order valence-corrected chi connectivity index (χ2v) is 8.87. The summed E-state index contributed by atoms with van der Waals surface area (Å²) in [4.78, 5) is 31.6. The van der Waals surface area contributed by atoms with E-state index in [-0.39, 0.29) is 25.0 Å². The minimum atomic E-state index is -0.469. The lowest BCUT2D eigenvalue weighted by atomic mass is 10.2. The number of nitrogens with zero attached hydrogens (tertiary/aromatic N) is 2. The third-order valence-corrected chi connectivity index (χ3v) is 6.40. The fourth-order valence-corrected chi connectivity index (χ4v) is 4.44. The lowest BCUT2D eigenvalue weighted by Gasteiger charge is -2.22. The van der Waals surface area contributed by atoms with Crippen LogP contribution in [0, 0.1) is 0 Å². The third-order valence-electron chi connectivity index (χ3n) is 5.47. The first-order valence-electron chi connectivity index (χ1n) is 11.3. The van der Waals surface area contributed by atoms with Gasteiger partial charge in [0.2, 0.25) is 0 Å². The van der Waals surface area contributed by atoms with Crippen LogP contribution in [0.5, 0.6) is 11.5 Å². The van der Waals surface area contributed by atoms with E-state index in [0.29, 0.717) is 18.8 Å². The zero-order valence-electron chi connectivity index (χ0n) is 19.4. The molecule has 3 aromatic rings. The highest BCUT2D eigenvalue weighted by Gasteiger charge is 2.33. The van der Waals surface area contributed by atoms with Crippen LogP contribution in [0.25, 0.3) is 10.6 Å². The number of carbonyl (C=O) groups excluding carboxylic acids is 2. The summed E-state index contributed by atoms with van der Waals surface area (Å²) < 4.78 is 16.2. The van der Waals surface area contributed by atoms with Gasteiger partial charge in [-0.2, -0.15) is 0 Å². The minimum Gasteiger partial charge on any atom is -0.497 e. The van der Waals surface area contributed by atoms with Crippen LogP contribution in [0.15, 0.2) is 53.9 Å². The Hall–Kier alpha value is -3.39. The van der Waals surface area contributed by atoms with Gasteiger partial charge in [0.25, 0.3) is 5.91 Å². The Morgan fingerprint density at radius 1 is 1.12 bits per heavy atom. The van der Waals surface area contributed by atoms with Gasteiger partial charge < -0.3 is 19.1 Å². The van der Waals surface area contributed by atoms with Crippen molar-refractivity contribution in [1.82, 2.24) is 9.88 Å². The standard InChI is InChI=1S/C26H28N2O5S/c1-3-32-23-7-5-4-6-22(23)26-27-19(17-34-26)14-25(30)33-16-24(29)28(20-10-11-20)15-18-8-12-21(31-2)13-9-18/h4-9,12-13,17,20H,3,10-11,14-16H2,1-2H3. The van der Waals surface area contributed by atoms with E-state index < -0.39 is 5.97 Å². The summed E-state index contributed by atoms with van der Waals surface area (Å²) in [5.41, 5.74) is 2.51. The van der Waals surface area contributed by atoms with Crippen LogP contribution in [0.3, 0.4) is 0 Å². The summed E-state index contributed by atoms with van der Waals surface area (Å²) in [6.07, 6.45) is 1.96. The van der Waals surface area contributed by atoms with Crippen molar-refractivity contribution in [2.45, 2.75) is 38.8 Å². The minimum absolute atomic E-state index is 0.0164. The number of rotatable bonds is 11. The molecule has 34 heavy (non-hydrogen) atoms. The van der Waals surface area contributed by atoms with E-state index >= 15 is 0 Å². The molecule has 1 aromatic heterocycles. The summed E-state index contributed by atoms with van der Waals surface area (Å²) in [5.74, 6) is 0.879. The highest BCUT2D eigenvalue weighted by Crippen LogP contribution is 2.32. The summed E-state index contributed by atoms with van der Waals surface area (Å²) in [6.45, 7) is 2.71. The van der Waals surface area contributed by atoms with Crippen molar-refractivity contribution < 1.29 is 23.8 Å². The monoisotopic (exact) mass is 480 g/mol. The molecule has 1 heterocycles. The van der Waals surface area contributed by atoms with Crippen molar-refractivity contribution in [3.63, 3.8) is 0 Å². The van der Waals surface area contributed by atoms with Gasteiger partial charge in [0, 0.05) is 18.0 Å². The topological polar surface area (TPSA) is 78.0 Å². The van der Waals surface area contributed by atoms with Crippen LogP contribution >= 0.6 is 11.3 Å². The summed E-state index contributed by atoms with van der Waals surface area (Å²) in [6, 6.07) is 15.5. The van der Waals surface area contributed by atoms with Gasteiger partial charge in [-0.15, -0.1) is 11.3 Å². The highest BCUT2D eigenvalue weighted by molar-refractivity contribution is 7.13. The van der Waals surface area contributed by atoms with Crippen molar-refractivity contribution in [1.29, 1.82) is 0 Å². The molecule has 7 nitrogen and oxygen atoms in total. The number of hydrogen-bond donors (Lipinski definition) is 0. The first-order chi connectivity index (χ1) is 16.6. The van der Waals surface area contributed by atoms with E-state index in [9.17, 15) is 9.59 Å². The zero-order chi connectivity index (χ0) is 23.9. The van der Waals surface area contributed by atoms with E-state index in [0.717, 1.165) is 40.5 Å². The van der Waals surface area contributed by atoms with Crippen molar-refractivity contribution in [3.8, 4) is 22.1 Å². The fraction of sp³-hybridized carbons (Fsp3) is 0.346. The molecule has 0 bridgehead atoms. The summed E-state index contributed by atoms with van der Waals surface area (Å²) in [5, 5.41) is 2.61. The van der Waals surface area contributed by atoms with E-state index in [1.807, 2.05) is 60.8 Å². The van der Waals surface area contributed by atoms with E-state index in [1.54, 1.807) is 12.0 Å². The molecule has 4 rings (SSSR count). The van der Waals surface area contributed by atoms with Crippen molar-refractivity contribution in [3.05, 3.63) is 65.2 Å². The quantitative estimate of drug-likeness (QED) is 0.376. The Bertz CT molecular complexity index is 1120.